The second-order valence-electron chi connectivity index (χ2n) is 5.19. The lowest BCUT2D eigenvalue weighted by atomic mass is 9.97. The molecule has 2 unspecified atom stereocenters. The van der Waals surface area contributed by atoms with Crippen molar-refractivity contribution in [2.45, 2.75) is 52.6 Å². The maximum Gasteiger partial charge on any atom is 0.0951 e. The summed E-state index contributed by atoms with van der Waals surface area (Å²) < 4.78 is 2.30. The van der Waals surface area contributed by atoms with Gasteiger partial charge in [-0.3, -0.25) is 0 Å². The molecule has 0 aliphatic rings. The number of aromatic nitrogens is 2. The lowest BCUT2D eigenvalue weighted by Crippen LogP contribution is -2.36. The zero-order chi connectivity index (χ0) is 12.3. The van der Waals surface area contributed by atoms with Gasteiger partial charge < -0.3 is 9.88 Å². The Hall–Kier alpha value is -0.830. The first-order valence-corrected chi connectivity index (χ1v) is 6.15. The van der Waals surface area contributed by atoms with Gasteiger partial charge in [0, 0.05) is 6.04 Å². The molecule has 0 fully saturated rings. The molecule has 3 nitrogen and oxygen atoms in total. The molecule has 1 aromatic heterocycles. The van der Waals surface area contributed by atoms with Gasteiger partial charge in [-0.05, 0) is 33.7 Å². The Bertz CT molecular complexity index is 328. The van der Waals surface area contributed by atoms with Crippen LogP contribution in [-0.2, 0) is 5.54 Å². The van der Waals surface area contributed by atoms with Crippen LogP contribution in [-0.4, -0.2) is 16.6 Å². The standard InChI is InChI=1S/C13H25N3/c1-7-10(2)11(3)16-9-15-8-12(16)13(4,5)14-6/h8-11,14H,7H2,1-6H3. The van der Waals surface area contributed by atoms with Crippen molar-refractivity contribution in [3.63, 3.8) is 0 Å². The molecule has 0 bridgehead atoms. The minimum atomic E-state index is -0.0295. The smallest absolute Gasteiger partial charge is 0.0951 e. The molecule has 0 radical (unpaired) electrons. The van der Waals surface area contributed by atoms with E-state index in [1.54, 1.807) is 0 Å². The van der Waals surface area contributed by atoms with Crippen molar-refractivity contribution >= 4 is 0 Å². The van der Waals surface area contributed by atoms with Gasteiger partial charge in [0.2, 0.25) is 0 Å². The highest BCUT2D eigenvalue weighted by Crippen LogP contribution is 2.27. The van der Waals surface area contributed by atoms with Crippen molar-refractivity contribution in [1.82, 2.24) is 14.9 Å². The summed E-state index contributed by atoms with van der Waals surface area (Å²) >= 11 is 0. The quantitative estimate of drug-likeness (QED) is 0.831. The van der Waals surface area contributed by atoms with Crippen molar-refractivity contribution in [2.24, 2.45) is 5.92 Å². The van der Waals surface area contributed by atoms with Crippen LogP contribution in [0.4, 0.5) is 0 Å². The van der Waals surface area contributed by atoms with E-state index in [0.717, 1.165) is 0 Å². The maximum absolute atomic E-state index is 4.30. The van der Waals surface area contributed by atoms with Crippen LogP contribution in [0.25, 0.3) is 0 Å². The van der Waals surface area contributed by atoms with Gasteiger partial charge in [0.25, 0.3) is 0 Å². The average Bonchev–Trinajstić information content (AvgIpc) is 2.76. The first-order chi connectivity index (χ1) is 7.44. The summed E-state index contributed by atoms with van der Waals surface area (Å²) in [6.07, 6.45) is 5.11. The Kier molecular flexibility index (Phi) is 4.14. The third-order valence-electron chi connectivity index (χ3n) is 3.84. The molecule has 0 saturated carbocycles. The zero-order valence-electron chi connectivity index (χ0n) is 11.4. The van der Waals surface area contributed by atoms with Crippen LogP contribution >= 0.6 is 0 Å². The first kappa shape index (κ1) is 13.2. The van der Waals surface area contributed by atoms with Gasteiger partial charge in [0.05, 0.1) is 23.8 Å². The molecule has 0 amide bonds. The summed E-state index contributed by atoms with van der Waals surface area (Å²) in [6.45, 7) is 11.2. The van der Waals surface area contributed by atoms with Crippen molar-refractivity contribution in [2.75, 3.05) is 7.05 Å². The predicted molar refractivity (Wildman–Crippen MR) is 68.5 cm³/mol. The number of hydrogen-bond donors (Lipinski definition) is 1. The van der Waals surface area contributed by atoms with Crippen LogP contribution in [0.2, 0.25) is 0 Å². The lowest BCUT2D eigenvalue weighted by Gasteiger charge is -2.30. The molecule has 0 spiro atoms. The highest BCUT2D eigenvalue weighted by Gasteiger charge is 2.25. The molecule has 2 atom stereocenters. The molecule has 92 valence electrons. The van der Waals surface area contributed by atoms with Crippen LogP contribution in [0.1, 0.15) is 52.8 Å². The van der Waals surface area contributed by atoms with Gasteiger partial charge in [-0.15, -0.1) is 0 Å². The van der Waals surface area contributed by atoms with Crippen molar-refractivity contribution in [1.29, 1.82) is 0 Å². The van der Waals surface area contributed by atoms with E-state index in [1.807, 2.05) is 19.6 Å². The minimum Gasteiger partial charge on any atom is -0.330 e. The summed E-state index contributed by atoms with van der Waals surface area (Å²) in [6, 6.07) is 0.495. The van der Waals surface area contributed by atoms with Gasteiger partial charge >= 0.3 is 0 Å². The summed E-state index contributed by atoms with van der Waals surface area (Å²) in [5, 5.41) is 3.34. The van der Waals surface area contributed by atoms with Gasteiger partial charge in [-0.2, -0.15) is 0 Å². The third kappa shape index (κ3) is 2.46. The van der Waals surface area contributed by atoms with Crippen molar-refractivity contribution < 1.29 is 0 Å². The fourth-order valence-corrected chi connectivity index (χ4v) is 1.86. The summed E-state index contributed by atoms with van der Waals surface area (Å²) in [4.78, 5) is 4.30. The lowest BCUT2D eigenvalue weighted by molar-refractivity contribution is 0.328. The van der Waals surface area contributed by atoms with Crippen molar-refractivity contribution in [3.8, 4) is 0 Å². The first-order valence-electron chi connectivity index (χ1n) is 6.15. The normalized spacial score (nSPS) is 16.1. The second-order valence-corrected chi connectivity index (χ2v) is 5.19. The SMILES string of the molecule is CCC(C)C(C)n1cncc1C(C)(C)NC. The fraction of sp³-hybridized carbons (Fsp3) is 0.769. The molecular formula is C13H25N3. The summed E-state index contributed by atoms with van der Waals surface area (Å²) in [5.41, 5.74) is 1.22. The Balaban J connectivity index is 3.03. The average molecular weight is 223 g/mol. The van der Waals surface area contributed by atoms with Crippen LogP contribution < -0.4 is 5.32 Å². The Labute approximate surface area is 99.3 Å². The monoisotopic (exact) mass is 223 g/mol. The minimum absolute atomic E-state index is 0.0295. The number of imidazole rings is 1. The molecule has 3 heteroatoms. The Morgan fingerprint density at radius 3 is 2.56 bits per heavy atom. The van der Waals surface area contributed by atoms with E-state index in [0.29, 0.717) is 12.0 Å². The Morgan fingerprint density at radius 2 is 2.06 bits per heavy atom. The van der Waals surface area contributed by atoms with E-state index in [4.69, 9.17) is 0 Å². The molecule has 1 N–H and O–H groups in total. The van der Waals surface area contributed by atoms with Gasteiger partial charge in [-0.25, -0.2) is 4.98 Å². The molecule has 0 aliphatic carbocycles. The van der Waals surface area contributed by atoms with Crippen LogP contribution in [0.3, 0.4) is 0 Å². The molecule has 1 aromatic rings. The highest BCUT2D eigenvalue weighted by atomic mass is 15.1. The van der Waals surface area contributed by atoms with Crippen molar-refractivity contribution in [3.05, 3.63) is 18.2 Å². The molecule has 16 heavy (non-hydrogen) atoms. The second kappa shape index (κ2) is 5.00. The van der Waals surface area contributed by atoms with Crippen LogP contribution in [0.15, 0.2) is 12.5 Å². The molecule has 0 aliphatic heterocycles. The van der Waals surface area contributed by atoms with E-state index in [2.05, 4.69) is 49.5 Å². The number of hydrogen-bond acceptors (Lipinski definition) is 2. The predicted octanol–water partition coefficient (Wildman–Crippen LogP) is 2.94. The van der Waals surface area contributed by atoms with E-state index in [1.165, 1.54) is 12.1 Å². The van der Waals surface area contributed by atoms with E-state index >= 15 is 0 Å². The highest BCUT2D eigenvalue weighted by molar-refractivity contribution is 5.12. The molecule has 1 heterocycles. The maximum atomic E-state index is 4.30. The summed E-state index contributed by atoms with van der Waals surface area (Å²) in [5.74, 6) is 0.667. The van der Waals surface area contributed by atoms with Crippen LogP contribution in [0, 0.1) is 5.92 Å². The van der Waals surface area contributed by atoms with Gasteiger partial charge in [0.15, 0.2) is 0 Å². The molecule has 1 rings (SSSR count). The number of nitrogens with zero attached hydrogens (tertiary/aromatic N) is 2. The number of nitrogens with one attached hydrogen (secondary N) is 1. The van der Waals surface area contributed by atoms with Gasteiger partial charge in [0.1, 0.15) is 0 Å². The molecule has 0 saturated heterocycles. The van der Waals surface area contributed by atoms with E-state index in [-0.39, 0.29) is 5.54 Å². The van der Waals surface area contributed by atoms with Crippen LogP contribution in [0.5, 0.6) is 0 Å². The van der Waals surface area contributed by atoms with E-state index in [9.17, 15) is 0 Å². The topological polar surface area (TPSA) is 29.9 Å². The largest absolute Gasteiger partial charge is 0.330 e. The van der Waals surface area contributed by atoms with E-state index < -0.39 is 0 Å². The molecule has 0 aromatic carbocycles. The number of rotatable bonds is 5. The molecular weight excluding hydrogens is 198 g/mol. The summed E-state index contributed by atoms with van der Waals surface area (Å²) in [7, 11) is 1.99. The third-order valence-corrected chi connectivity index (χ3v) is 3.84. The fourth-order valence-electron chi connectivity index (χ4n) is 1.86. The van der Waals surface area contributed by atoms with Gasteiger partial charge in [-0.1, -0.05) is 20.3 Å². The zero-order valence-corrected chi connectivity index (χ0v) is 11.4. The Morgan fingerprint density at radius 1 is 1.44 bits per heavy atom.